The zero-order valence-corrected chi connectivity index (χ0v) is 23.1. The Morgan fingerprint density at radius 1 is 1.32 bits per heavy atom. The summed E-state index contributed by atoms with van der Waals surface area (Å²) in [6.07, 6.45) is 1.77. The zero-order chi connectivity index (χ0) is 25.0. The van der Waals surface area contributed by atoms with Crippen LogP contribution in [-0.2, 0) is 9.59 Å². The maximum absolute atomic E-state index is 12.7. The van der Waals surface area contributed by atoms with Crippen LogP contribution < -0.4 is 14.8 Å². The van der Waals surface area contributed by atoms with Crippen molar-refractivity contribution < 1.29 is 19.1 Å². The molecular weight excluding hydrogens is 560 g/mol. The van der Waals surface area contributed by atoms with E-state index in [4.69, 9.17) is 33.3 Å². The van der Waals surface area contributed by atoms with E-state index in [2.05, 4.69) is 21.2 Å². The second kappa shape index (κ2) is 11.6. The van der Waals surface area contributed by atoms with Crippen molar-refractivity contribution in [2.24, 2.45) is 0 Å². The Kier molecular flexibility index (Phi) is 9.03. The van der Waals surface area contributed by atoms with Gasteiger partial charge in [-0.2, -0.15) is 0 Å². The Bertz CT molecular complexity index is 1170. The van der Waals surface area contributed by atoms with Crippen LogP contribution in [0.25, 0.3) is 6.08 Å². The van der Waals surface area contributed by atoms with E-state index in [0.717, 1.165) is 11.1 Å². The van der Waals surface area contributed by atoms with E-state index in [1.54, 1.807) is 41.3 Å². The van der Waals surface area contributed by atoms with Crippen molar-refractivity contribution in [3.8, 4) is 11.5 Å². The summed E-state index contributed by atoms with van der Waals surface area (Å²) >= 11 is 16.2. The van der Waals surface area contributed by atoms with E-state index in [1.807, 2.05) is 27.7 Å². The summed E-state index contributed by atoms with van der Waals surface area (Å²) in [4.78, 5) is 27.3. The predicted molar refractivity (Wildman–Crippen MR) is 146 cm³/mol. The number of halogens is 2. The first kappa shape index (κ1) is 26.5. The van der Waals surface area contributed by atoms with E-state index in [1.165, 1.54) is 11.8 Å². The molecule has 3 rings (SSSR count). The number of hydrogen-bond acceptors (Lipinski definition) is 6. The van der Waals surface area contributed by atoms with Crippen LogP contribution in [0.3, 0.4) is 0 Å². The first-order valence-electron chi connectivity index (χ1n) is 10.5. The lowest BCUT2D eigenvalue weighted by atomic mass is 10.1. The molecule has 180 valence electrons. The van der Waals surface area contributed by atoms with Crippen molar-refractivity contribution in [2.75, 3.05) is 18.5 Å². The van der Waals surface area contributed by atoms with E-state index in [0.29, 0.717) is 42.5 Å². The van der Waals surface area contributed by atoms with Crippen molar-refractivity contribution in [2.45, 2.75) is 33.7 Å². The summed E-state index contributed by atoms with van der Waals surface area (Å²) in [5, 5.41) is 3.37. The van der Waals surface area contributed by atoms with E-state index in [9.17, 15) is 9.59 Å². The number of nitrogens with zero attached hydrogens (tertiary/aromatic N) is 1. The number of hydrogen-bond donors (Lipinski definition) is 1. The molecule has 1 N–H and O–H groups in total. The average Bonchev–Trinajstić information content (AvgIpc) is 3.04. The molecule has 0 saturated carbocycles. The fourth-order valence-electron chi connectivity index (χ4n) is 3.22. The molecule has 1 saturated heterocycles. The monoisotopic (exact) mass is 582 g/mol. The Morgan fingerprint density at radius 2 is 2.06 bits per heavy atom. The summed E-state index contributed by atoms with van der Waals surface area (Å²) in [6.45, 7) is 7.70. The molecule has 0 radical (unpaired) electrons. The third kappa shape index (κ3) is 6.13. The van der Waals surface area contributed by atoms with Gasteiger partial charge < -0.3 is 14.8 Å². The van der Waals surface area contributed by atoms with E-state index in [-0.39, 0.29) is 24.5 Å². The third-order valence-electron chi connectivity index (χ3n) is 4.86. The molecule has 0 atom stereocenters. The first-order valence-corrected chi connectivity index (χ1v) is 12.9. The van der Waals surface area contributed by atoms with Crippen LogP contribution in [0.15, 0.2) is 39.7 Å². The summed E-state index contributed by atoms with van der Waals surface area (Å²) in [7, 11) is 0. The highest BCUT2D eigenvalue weighted by molar-refractivity contribution is 9.10. The van der Waals surface area contributed by atoms with Crippen LogP contribution in [0.4, 0.5) is 5.69 Å². The fourth-order valence-corrected chi connectivity index (χ4v) is 5.49. The quantitative estimate of drug-likeness (QED) is 0.285. The summed E-state index contributed by atoms with van der Waals surface area (Å²) in [5.74, 6) is 0.398. The van der Waals surface area contributed by atoms with Gasteiger partial charge in [-0.3, -0.25) is 14.5 Å². The lowest BCUT2D eigenvalue weighted by Crippen LogP contribution is -2.34. The van der Waals surface area contributed by atoms with Crippen LogP contribution in [0, 0.1) is 6.92 Å². The number of rotatable bonds is 8. The minimum absolute atomic E-state index is 0.0123. The number of carbonyl (C=O) groups excluding carboxylic acids is 2. The first-order chi connectivity index (χ1) is 16.1. The zero-order valence-electron chi connectivity index (χ0n) is 19.1. The minimum atomic E-state index is -0.332. The molecule has 1 heterocycles. The van der Waals surface area contributed by atoms with Gasteiger partial charge >= 0.3 is 0 Å². The van der Waals surface area contributed by atoms with Gasteiger partial charge in [-0.15, -0.1) is 0 Å². The van der Waals surface area contributed by atoms with Crippen molar-refractivity contribution in [3.63, 3.8) is 0 Å². The van der Waals surface area contributed by atoms with Gasteiger partial charge in [0.05, 0.1) is 16.0 Å². The Balaban J connectivity index is 1.79. The number of anilines is 1. The summed E-state index contributed by atoms with van der Waals surface area (Å²) in [5.41, 5.74) is 2.14. The molecule has 1 aliphatic rings. The number of nitrogens with one attached hydrogen (secondary N) is 1. The Hall–Kier alpha value is -2.07. The summed E-state index contributed by atoms with van der Waals surface area (Å²) < 4.78 is 12.7. The molecule has 6 nitrogen and oxygen atoms in total. The number of amides is 2. The largest absolute Gasteiger partial charge is 0.490 e. The molecule has 0 unspecified atom stereocenters. The van der Waals surface area contributed by atoms with E-state index >= 15 is 0 Å². The SMILES string of the molecule is CCOc1cc(/C=C2\SC(=S)N(C(C)C)C2=O)cc(Br)c1OCC(=O)Nc1cccc(Cl)c1C. The van der Waals surface area contributed by atoms with Crippen LogP contribution >= 0.6 is 51.5 Å². The van der Waals surface area contributed by atoms with Crippen LogP contribution in [0.2, 0.25) is 5.02 Å². The van der Waals surface area contributed by atoms with Crippen LogP contribution in [0.5, 0.6) is 11.5 Å². The molecule has 0 aliphatic carbocycles. The normalized spacial score (nSPS) is 14.8. The van der Waals surface area contributed by atoms with Gasteiger partial charge in [-0.05, 0) is 85.1 Å². The van der Waals surface area contributed by atoms with Gasteiger partial charge in [0.15, 0.2) is 18.1 Å². The van der Waals surface area contributed by atoms with Gasteiger partial charge in [0.2, 0.25) is 0 Å². The van der Waals surface area contributed by atoms with E-state index < -0.39 is 0 Å². The lowest BCUT2D eigenvalue weighted by Gasteiger charge is -2.18. The molecule has 1 fully saturated rings. The van der Waals surface area contributed by atoms with Crippen molar-refractivity contribution in [1.29, 1.82) is 0 Å². The molecule has 1 aliphatic heterocycles. The Morgan fingerprint density at radius 3 is 2.71 bits per heavy atom. The highest BCUT2D eigenvalue weighted by Crippen LogP contribution is 2.39. The molecule has 0 spiro atoms. The third-order valence-corrected chi connectivity index (χ3v) is 7.19. The number of thioether (sulfide) groups is 1. The number of carbonyl (C=O) groups is 2. The topological polar surface area (TPSA) is 67.9 Å². The lowest BCUT2D eigenvalue weighted by molar-refractivity contribution is -0.123. The number of ether oxygens (including phenoxy) is 2. The molecular formula is C24H24BrClN2O4S2. The molecule has 34 heavy (non-hydrogen) atoms. The molecule has 2 aromatic rings. The van der Waals surface area contributed by atoms with Crippen LogP contribution in [0.1, 0.15) is 31.9 Å². The number of thiocarbonyl (C=S) groups is 1. The van der Waals surface area contributed by atoms with Gasteiger partial charge in [0.25, 0.3) is 11.8 Å². The molecule has 0 aromatic heterocycles. The molecule has 0 bridgehead atoms. The highest BCUT2D eigenvalue weighted by Gasteiger charge is 2.33. The number of benzene rings is 2. The van der Waals surface area contributed by atoms with Crippen LogP contribution in [-0.4, -0.2) is 40.3 Å². The average molecular weight is 584 g/mol. The summed E-state index contributed by atoms with van der Waals surface area (Å²) in [6, 6.07) is 8.86. The predicted octanol–water partition coefficient (Wildman–Crippen LogP) is 6.44. The van der Waals surface area contributed by atoms with Gasteiger partial charge in [0.1, 0.15) is 4.32 Å². The molecule has 2 amide bonds. The second-order valence-electron chi connectivity index (χ2n) is 7.66. The maximum Gasteiger partial charge on any atom is 0.266 e. The minimum Gasteiger partial charge on any atom is -0.490 e. The maximum atomic E-state index is 12.7. The fraction of sp³-hybridized carbons (Fsp3) is 0.292. The molecule has 2 aromatic carbocycles. The second-order valence-corrected chi connectivity index (χ2v) is 10.6. The smallest absolute Gasteiger partial charge is 0.266 e. The van der Waals surface area contributed by atoms with Crippen molar-refractivity contribution >= 4 is 79.4 Å². The Labute approximate surface area is 222 Å². The standard InChI is InChI=1S/C24H24BrClN2O4S2/c1-5-31-19-10-15(11-20-23(30)28(13(2)3)24(33)34-20)9-16(25)22(19)32-12-21(29)27-18-8-6-7-17(26)14(18)4/h6-11,13H,5,12H2,1-4H3,(H,27,29)/b20-11-. The highest BCUT2D eigenvalue weighted by atomic mass is 79.9. The van der Waals surface area contributed by atoms with Gasteiger partial charge in [0, 0.05) is 16.8 Å². The van der Waals surface area contributed by atoms with Crippen molar-refractivity contribution in [1.82, 2.24) is 4.90 Å². The van der Waals surface area contributed by atoms with Gasteiger partial charge in [-0.25, -0.2) is 0 Å². The van der Waals surface area contributed by atoms with Gasteiger partial charge in [-0.1, -0.05) is 41.6 Å². The van der Waals surface area contributed by atoms with Crippen molar-refractivity contribution in [3.05, 3.63) is 55.9 Å². The molecule has 10 heteroatoms.